The van der Waals surface area contributed by atoms with Gasteiger partial charge in [0.05, 0.1) is 35.6 Å². The zero-order valence-electron chi connectivity index (χ0n) is 22.1. The number of benzene rings is 2. The van der Waals surface area contributed by atoms with Gasteiger partial charge in [0, 0.05) is 36.9 Å². The molecule has 3 aliphatic rings. The van der Waals surface area contributed by atoms with Crippen molar-refractivity contribution in [3.8, 4) is 0 Å². The highest BCUT2D eigenvalue weighted by Gasteiger charge is 2.48. The Morgan fingerprint density at radius 3 is 2.73 bits per heavy atom. The van der Waals surface area contributed by atoms with Crippen LogP contribution in [0.3, 0.4) is 0 Å². The second-order valence-electron chi connectivity index (χ2n) is 11.0. The lowest BCUT2D eigenvalue weighted by Crippen LogP contribution is -2.50. The SMILES string of the molecule is COCC1Nc2ccccc2[C@H]2[C@@H]1CCN2C(=O)C1CCCC[C@H]1NC(=O)c1ccc2nc(C(F)(F)F)[nH]c2c1. The van der Waals surface area contributed by atoms with Gasteiger partial charge in [-0.2, -0.15) is 13.2 Å². The largest absolute Gasteiger partial charge is 0.449 e. The molecule has 5 atom stereocenters. The number of hydrogen-bond donors (Lipinski definition) is 3. The van der Waals surface area contributed by atoms with Crippen molar-refractivity contribution in [3.05, 3.63) is 59.4 Å². The van der Waals surface area contributed by atoms with Gasteiger partial charge in [-0.15, -0.1) is 0 Å². The number of rotatable bonds is 5. The van der Waals surface area contributed by atoms with E-state index in [-0.39, 0.29) is 52.5 Å². The predicted octanol–water partition coefficient (Wildman–Crippen LogP) is 4.90. The van der Waals surface area contributed by atoms with Crippen molar-refractivity contribution in [3.63, 3.8) is 0 Å². The molecule has 2 fully saturated rings. The maximum absolute atomic E-state index is 14.1. The number of nitrogens with one attached hydrogen (secondary N) is 3. The highest BCUT2D eigenvalue weighted by Crippen LogP contribution is 2.47. The van der Waals surface area contributed by atoms with Crippen molar-refractivity contribution in [2.24, 2.45) is 11.8 Å². The molecular formula is C29H32F3N5O3. The predicted molar refractivity (Wildman–Crippen MR) is 143 cm³/mol. The molecule has 0 radical (unpaired) electrons. The zero-order chi connectivity index (χ0) is 28.0. The van der Waals surface area contributed by atoms with Gasteiger partial charge >= 0.3 is 6.18 Å². The zero-order valence-corrected chi connectivity index (χ0v) is 22.1. The van der Waals surface area contributed by atoms with E-state index in [1.165, 1.54) is 18.2 Å². The second kappa shape index (κ2) is 10.4. The van der Waals surface area contributed by atoms with Gasteiger partial charge in [0.2, 0.25) is 11.7 Å². The normalized spacial score (nSPS) is 26.2. The summed E-state index contributed by atoms with van der Waals surface area (Å²) in [5.74, 6) is -1.62. The number of imidazole rings is 1. The van der Waals surface area contributed by atoms with Gasteiger partial charge in [-0.25, -0.2) is 4.98 Å². The first-order chi connectivity index (χ1) is 19.2. The molecule has 6 rings (SSSR count). The first-order valence-corrected chi connectivity index (χ1v) is 13.8. The minimum absolute atomic E-state index is 0.0456. The van der Waals surface area contributed by atoms with Crippen LogP contribution in [0.25, 0.3) is 11.0 Å². The van der Waals surface area contributed by atoms with Crippen molar-refractivity contribution in [1.82, 2.24) is 20.2 Å². The van der Waals surface area contributed by atoms with E-state index in [4.69, 9.17) is 4.74 Å². The first kappa shape index (κ1) is 26.6. The van der Waals surface area contributed by atoms with Gasteiger partial charge in [0.15, 0.2) is 0 Å². The van der Waals surface area contributed by atoms with E-state index in [1.54, 1.807) is 7.11 Å². The molecule has 40 heavy (non-hydrogen) atoms. The molecule has 1 aliphatic carbocycles. The fourth-order valence-corrected chi connectivity index (χ4v) is 6.77. The van der Waals surface area contributed by atoms with E-state index in [0.717, 1.165) is 30.5 Å². The van der Waals surface area contributed by atoms with E-state index in [9.17, 15) is 22.8 Å². The van der Waals surface area contributed by atoms with Crippen molar-refractivity contribution >= 4 is 28.5 Å². The number of methoxy groups -OCH3 is 1. The Balaban J connectivity index is 1.22. The standard InChI is InChI=1S/C29H32F3N5O3/c1-40-15-24-18-12-13-37(25(18)17-6-2-4-8-20(17)33-24)27(39)19-7-3-5-9-21(19)34-26(38)16-10-11-22-23(14-16)36-28(35-22)29(30,31)32/h2,4,6,8,10-11,14,18-19,21,24-25,33H,3,5,7,9,12-13,15H2,1H3,(H,34,38)(H,35,36)/t18-,19?,21-,24?,25+/m1/s1. The second-order valence-corrected chi connectivity index (χ2v) is 11.0. The number of halogens is 3. The lowest BCUT2D eigenvalue weighted by Gasteiger charge is -2.41. The number of carbonyl (C=O) groups excluding carboxylic acids is 2. The number of nitrogens with zero attached hydrogens (tertiary/aromatic N) is 2. The van der Waals surface area contributed by atoms with E-state index in [2.05, 4.69) is 26.7 Å². The average molecular weight is 556 g/mol. The fraction of sp³-hybridized carbons (Fsp3) is 0.483. The van der Waals surface area contributed by atoms with Gasteiger partial charge in [-0.05, 0) is 49.1 Å². The molecule has 3 heterocycles. The Hall–Kier alpha value is -3.60. The number of ether oxygens (including phenoxy) is 1. The van der Waals surface area contributed by atoms with Crippen LogP contribution in [-0.4, -0.2) is 59.0 Å². The number of alkyl halides is 3. The molecule has 1 aromatic heterocycles. The van der Waals surface area contributed by atoms with Gasteiger partial charge in [-0.1, -0.05) is 31.0 Å². The Kier molecular flexibility index (Phi) is 6.93. The lowest BCUT2D eigenvalue weighted by molar-refractivity contribution is -0.144. The summed E-state index contributed by atoms with van der Waals surface area (Å²) in [5.41, 5.74) is 2.61. The Morgan fingerprint density at radius 2 is 1.93 bits per heavy atom. The van der Waals surface area contributed by atoms with Gasteiger partial charge < -0.3 is 25.3 Å². The number of hydrogen-bond acceptors (Lipinski definition) is 5. The molecule has 1 saturated heterocycles. The van der Waals surface area contributed by atoms with Crippen molar-refractivity contribution in [2.75, 3.05) is 25.6 Å². The third-order valence-electron chi connectivity index (χ3n) is 8.62. The summed E-state index contributed by atoms with van der Waals surface area (Å²) in [7, 11) is 1.68. The van der Waals surface area contributed by atoms with Crippen LogP contribution in [0.5, 0.6) is 0 Å². The maximum atomic E-state index is 14.1. The van der Waals surface area contributed by atoms with E-state index in [0.29, 0.717) is 26.0 Å². The van der Waals surface area contributed by atoms with E-state index < -0.39 is 17.9 Å². The van der Waals surface area contributed by atoms with Crippen LogP contribution in [0, 0.1) is 11.8 Å². The van der Waals surface area contributed by atoms with Gasteiger partial charge in [0.1, 0.15) is 0 Å². The third kappa shape index (κ3) is 4.80. The maximum Gasteiger partial charge on any atom is 0.449 e. The van der Waals surface area contributed by atoms with Gasteiger partial charge in [0.25, 0.3) is 5.91 Å². The number of fused-ring (bicyclic) bond motifs is 4. The smallest absolute Gasteiger partial charge is 0.383 e. The topological polar surface area (TPSA) is 99.3 Å². The van der Waals surface area contributed by atoms with Crippen LogP contribution >= 0.6 is 0 Å². The van der Waals surface area contributed by atoms with Crippen LogP contribution in [0.15, 0.2) is 42.5 Å². The molecule has 2 aromatic carbocycles. The molecule has 3 aromatic rings. The molecular weight excluding hydrogens is 523 g/mol. The number of carbonyl (C=O) groups is 2. The molecule has 8 nitrogen and oxygen atoms in total. The summed E-state index contributed by atoms with van der Waals surface area (Å²) < 4.78 is 44.7. The first-order valence-electron chi connectivity index (χ1n) is 13.8. The number of amides is 2. The minimum Gasteiger partial charge on any atom is -0.383 e. The fourth-order valence-electron chi connectivity index (χ4n) is 6.77. The Bertz CT molecular complexity index is 1420. The Morgan fingerprint density at radius 1 is 1.12 bits per heavy atom. The molecule has 11 heteroatoms. The highest BCUT2D eigenvalue weighted by atomic mass is 19.4. The third-order valence-corrected chi connectivity index (χ3v) is 8.62. The summed E-state index contributed by atoms with van der Waals surface area (Å²) in [6, 6.07) is 12.0. The van der Waals surface area contributed by atoms with Crippen LogP contribution in [0.2, 0.25) is 0 Å². The summed E-state index contributed by atoms with van der Waals surface area (Å²) >= 11 is 0. The van der Waals surface area contributed by atoms with Gasteiger partial charge in [-0.3, -0.25) is 9.59 Å². The highest BCUT2D eigenvalue weighted by molar-refractivity contribution is 5.98. The monoisotopic (exact) mass is 555 g/mol. The van der Waals surface area contributed by atoms with Crippen LogP contribution in [-0.2, 0) is 15.7 Å². The summed E-state index contributed by atoms with van der Waals surface area (Å²) in [5, 5.41) is 6.63. The van der Waals surface area contributed by atoms with Crippen molar-refractivity contribution in [2.45, 2.75) is 56.4 Å². The molecule has 2 amide bonds. The molecule has 212 valence electrons. The number of H-pyrrole nitrogens is 1. The quantitative estimate of drug-likeness (QED) is 0.416. The molecule has 2 unspecified atom stereocenters. The number of anilines is 1. The summed E-state index contributed by atoms with van der Waals surface area (Å²) in [6.07, 6.45) is -0.621. The summed E-state index contributed by atoms with van der Waals surface area (Å²) in [4.78, 5) is 35.2. The molecule has 3 N–H and O–H groups in total. The Labute approximate surface area is 229 Å². The molecule has 2 aliphatic heterocycles. The van der Waals surface area contributed by atoms with Crippen molar-refractivity contribution in [1.29, 1.82) is 0 Å². The van der Waals surface area contributed by atoms with E-state index >= 15 is 0 Å². The van der Waals surface area contributed by atoms with E-state index in [1.807, 2.05) is 23.1 Å². The molecule has 0 spiro atoms. The van der Waals surface area contributed by atoms with Crippen LogP contribution in [0.1, 0.15) is 59.9 Å². The molecule has 1 saturated carbocycles. The molecule has 0 bridgehead atoms. The number of para-hydroxylation sites is 1. The van der Waals surface area contributed by atoms with Crippen molar-refractivity contribution < 1.29 is 27.5 Å². The number of likely N-dealkylation sites (tertiary alicyclic amines) is 1. The average Bonchev–Trinajstić information content (AvgIpc) is 3.58. The summed E-state index contributed by atoms with van der Waals surface area (Å²) in [6.45, 7) is 1.18. The number of aromatic amines is 1. The number of aromatic nitrogens is 2. The van der Waals surface area contributed by atoms with Crippen LogP contribution in [0.4, 0.5) is 18.9 Å². The minimum atomic E-state index is -4.61. The lowest BCUT2D eigenvalue weighted by atomic mass is 9.81. The van der Waals surface area contributed by atoms with Crippen LogP contribution < -0.4 is 10.6 Å².